The van der Waals surface area contributed by atoms with Gasteiger partial charge in [-0.1, -0.05) is 0 Å². The van der Waals surface area contributed by atoms with E-state index in [-0.39, 0.29) is 24.4 Å². The number of hydrogen-bond acceptors (Lipinski definition) is 5. The van der Waals surface area contributed by atoms with Crippen molar-refractivity contribution in [3.8, 4) is 0 Å². The summed E-state index contributed by atoms with van der Waals surface area (Å²) in [5, 5.41) is 19.9. The number of nitrogens with zero attached hydrogens (tertiary/aromatic N) is 2. The summed E-state index contributed by atoms with van der Waals surface area (Å²) in [5.74, 6) is 0.366. The molecule has 2 aliphatic rings. The summed E-state index contributed by atoms with van der Waals surface area (Å²) < 4.78 is 5.71. The molecule has 2 heterocycles. The van der Waals surface area contributed by atoms with Crippen LogP contribution in [0.4, 0.5) is 0 Å². The molecule has 0 bridgehead atoms. The molecule has 0 aliphatic carbocycles. The molecule has 5 unspecified atom stereocenters. The van der Waals surface area contributed by atoms with E-state index < -0.39 is 0 Å². The van der Waals surface area contributed by atoms with Gasteiger partial charge in [0, 0.05) is 32.7 Å². The van der Waals surface area contributed by atoms with E-state index in [1.807, 2.05) is 6.92 Å². The molecule has 5 nitrogen and oxygen atoms in total. The van der Waals surface area contributed by atoms with Crippen LogP contribution in [0.2, 0.25) is 0 Å². The van der Waals surface area contributed by atoms with Gasteiger partial charge in [0.1, 0.15) is 0 Å². The van der Waals surface area contributed by atoms with E-state index >= 15 is 0 Å². The topological polar surface area (TPSA) is 56.2 Å². The van der Waals surface area contributed by atoms with Crippen LogP contribution in [0.25, 0.3) is 0 Å². The van der Waals surface area contributed by atoms with Crippen LogP contribution in [0.3, 0.4) is 0 Å². The number of β-amino-alcohol motifs (C(OH)–C–C–N with tert-alkyl or cyclic N) is 1. The zero-order chi connectivity index (χ0) is 14.7. The Bertz CT molecular complexity index is 291. The summed E-state index contributed by atoms with van der Waals surface area (Å²) in [5.41, 5.74) is 0. The third-order valence-corrected chi connectivity index (χ3v) is 4.42. The van der Waals surface area contributed by atoms with Crippen LogP contribution in [0.1, 0.15) is 27.2 Å². The predicted octanol–water partition coefficient (Wildman–Crippen LogP) is 0.159. The lowest BCUT2D eigenvalue weighted by Crippen LogP contribution is -2.49. The molecule has 118 valence electrons. The summed E-state index contributed by atoms with van der Waals surface area (Å²) in [6.45, 7) is 11.2. The van der Waals surface area contributed by atoms with Gasteiger partial charge in [0.2, 0.25) is 0 Å². The lowest BCUT2D eigenvalue weighted by Gasteiger charge is -2.36. The third kappa shape index (κ3) is 4.67. The summed E-state index contributed by atoms with van der Waals surface area (Å²) in [7, 11) is 0. The Morgan fingerprint density at radius 1 is 1.05 bits per heavy atom. The molecule has 0 aromatic rings. The summed E-state index contributed by atoms with van der Waals surface area (Å²) in [6, 6.07) is 0. The first-order valence-electron chi connectivity index (χ1n) is 7.90. The Morgan fingerprint density at radius 3 is 2.20 bits per heavy atom. The second kappa shape index (κ2) is 7.18. The van der Waals surface area contributed by atoms with E-state index in [1.54, 1.807) is 0 Å². The monoisotopic (exact) mass is 286 g/mol. The standard InChI is InChI=1S/C15H30N2O3/c1-11-6-17(7-12(2)20-11)10-15(19)9-16-5-4-14(8-16)13(3)18/h11-15,18-19H,4-10H2,1-3H3. The van der Waals surface area contributed by atoms with Crippen LogP contribution >= 0.6 is 0 Å². The maximum atomic E-state index is 10.3. The Balaban J connectivity index is 1.71. The van der Waals surface area contributed by atoms with Crippen molar-refractivity contribution in [2.24, 2.45) is 5.92 Å². The van der Waals surface area contributed by atoms with Gasteiger partial charge >= 0.3 is 0 Å². The first kappa shape index (κ1) is 16.2. The van der Waals surface area contributed by atoms with Crippen molar-refractivity contribution in [3.05, 3.63) is 0 Å². The molecule has 0 aromatic carbocycles. The molecule has 2 rings (SSSR count). The largest absolute Gasteiger partial charge is 0.393 e. The quantitative estimate of drug-likeness (QED) is 0.754. The van der Waals surface area contributed by atoms with Crippen molar-refractivity contribution in [1.29, 1.82) is 0 Å². The van der Waals surface area contributed by atoms with Crippen molar-refractivity contribution >= 4 is 0 Å². The number of ether oxygens (including phenoxy) is 1. The second-order valence-electron chi connectivity index (χ2n) is 6.68. The zero-order valence-corrected chi connectivity index (χ0v) is 13.0. The van der Waals surface area contributed by atoms with Gasteiger partial charge in [-0.25, -0.2) is 0 Å². The fourth-order valence-electron chi connectivity index (χ4n) is 3.51. The van der Waals surface area contributed by atoms with Crippen LogP contribution < -0.4 is 0 Å². The fraction of sp³-hybridized carbons (Fsp3) is 1.00. The second-order valence-corrected chi connectivity index (χ2v) is 6.68. The lowest BCUT2D eigenvalue weighted by atomic mass is 10.0. The SMILES string of the molecule is CC1CN(CC(O)CN2CCC(C(C)O)C2)CC(C)O1. The number of morpholine rings is 1. The molecule has 2 saturated heterocycles. The maximum absolute atomic E-state index is 10.3. The molecular formula is C15H30N2O3. The number of aliphatic hydroxyl groups is 2. The van der Waals surface area contributed by atoms with Crippen LogP contribution in [0, 0.1) is 5.92 Å². The number of hydrogen-bond donors (Lipinski definition) is 2. The van der Waals surface area contributed by atoms with Crippen molar-refractivity contribution < 1.29 is 14.9 Å². The van der Waals surface area contributed by atoms with E-state index in [9.17, 15) is 10.2 Å². The van der Waals surface area contributed by atoms with Crippen molar-refractivity contribution in [3.63, 3.8) is 0 Å². The molecule has 5 atom stereocenters. The fourth-order valence-corrected chi connectivity index (χ4v) is 3.51. The minimum absolute atomic E-state index is 0.238. The van der Waals surface area contributed by atoms with Gasteiger partial charge in [-0.3, -0.25) is 4.90 Å². The molecular weight excluding hydrogens is 256 g/mol. The summed E-state index contributed by atoms with van der Waals surface area (Å²) in [4.78, 5) is 4.57. The van der Waals surface area contributed by atoms with Gasteiger partial charge in [0.15, 0.2) is 0 Å². The Morgan fingerprint density at radius 2 is 1.65 bits per heavy atom. The summed E-state index contributed by atoms with van der Waals surface area (Å²) >= 11 is 0. The van der Waals surface area contributed by atoms with E-state index in [1.165, 1.54) is 0 Å². The van der Waals surface area contributed by atoms with Crippen LogP contribution in [0.5, 0.6) is 0 Å². The molecule has 0 amide bonds. The Labute approximate surface area is 122 Å². The molecule has 2 aliphatic heterocycles. The van der Waals surface area contributed by atoms with Crippen LogP contribution in [0.15, 0.2) is 0 Å². The zero-order valence-electron chi connectivity index (χ0n) is 13.0. The van der Waals surface area contributed by atoms with Gasteiger partial charge in [-0.2, -0.15) is 0 Å². The molecule has 0 spiro atoms. The van der Waals surface area contributed by atoms with E-state index in [0.717, 1.165) is 32.6 Å². The summed E-state index contributed by atoms with van der Waals surface area (Å²) in [6.07, 6.45) is 0.976. The van der Waals surface area contributed by atoms with Crippen LogP contribution in [-0.2, 0) is 4.74 Å². The van der Waals surface area contributed by atoms with Crippen molar-refractivity contribution in [2.45, 2.75) is 51.6 Å². The highest BCUT2D eigenvalue weighted by atomic mass is 16.5. The Kier molecular flexibility index (Phi) is 5.81. The van der Waals surface area contributed by atoms with Gasteiger partial charge in [-0.05, 0) is 39.7 Å². The van der Waals surface area contributed by atoms with Crippen molar-refractivity contribution in [2.75, 3.05) is 39.3 Å². The minimum Gasteiger partial charge on any atom is -0.393 e. The van der Waals surface area contributed by atoms with Gasteiger partial charge in [0.25, 0.3) is 0 Å². The van der Waals surface area contributed by atoms with E-state index in [2.05, 4.69) is 23.6 Å². The normalized spacial score (nSPS) is 36.1. The Hall–Kier alpha value is -0.200. The number of aliphatic hydroxyl groups excluding tert-OH is 2. The number of likely N-dealkylation sites (tertiary alicyclic amines) is 1. The van der Waals surface area contributed by atoms with Crippen molar-refractivity contribution in [1.82, 2.24) is 9.80 Å². The molecule has 5 heteroatoms. The van der Waals surface area contributed by atoms with Gasteiger partial charge in [-0.15, -0.1) is 0 Å². The first-order valence-corrected chi connectivity index (χ1v) is 7.90. The maximum Gasteiger partial charge on any atom is 0.0793 e. The molecule has 20 heavy (non-hydrogen) atoms. The molecule has 2 fully saturated rings. The smallest absolute Gasteiger partial charge is 0.0793 e. The lowest BCUT2D eigenvalue weighted by molar-refractivity contribution is -0.0778. The average molecular weight is 286 g/mol. The third-order valence-electron chi connectivity index (χ3n) is 4.42. The highest BCUT2D eigenvalue weighted by Gasteiger charge is 2.28. The van der Waals surface area contributed by atoms with E-state index in [0.29, 0.717) is 19.0 Å². The first-order chi connectivity index (χ1) is 9.44. The molecule has 2 N–H and O–H groups in total. The average Bonchev–Trinajstić information content (AvgIpc) is 2.75. The van der Waals surface area contributed by atoms with Gasteiger partial charge < -0.3 is 19.8 Å². The minimum atomic E-state index is -0.319. The highest BCUT2D eigenvalue weighted by Crippen LogP contribution is 2.20. The number of rotatable bonds is 5. The van der Waals surface area contributed by atoms with E-state index in [4.69, 9.17) is 4.74 Å². The molecule has 0 radical (unpaired) electrons. The predicted molar refractivity (Wildman–Crippen MR) is 78.7 cm³/mol. The highest BCUT2D eigenvalue weighted by molar-refractivity contribution is 4.82. The molecule has 0 saturated carbocycles. The molecule has 0 aromatic heterocycles. The van der Waals surface area contributed by atoms with Gasteiger partial charge in [0.05, 0.1) is 24.4 Å². The van der Waals surface area contributed by atoms with Crippen LogP contribution in [-0.4, -0.2) is 83.7 Å².